The number of hydrogen-bond acceptors (Lipinski definition) is 3. The molecule has 5 heteroatoms. The van der Waals surface area contributed by atoms with Crippen molar-refractivity contribution < 1.29 is 4.74 Å². The Balaban J connectivity index is 1.82. The summed E-state index contributed by atoms with van der Waals surface area (Å²) in [6, 6.07) is 3.82. The summed E-state index contributed by atoms with van der Waals surface area (Å²) in [6.07, 6.45) is 8.22. The topological polar surface area (TPSA) is 39.4 Å². The monoisotopic (exact) mass is 295 g/mol. The van der Waals surface area contributed by atoms with E-state index in [1.165, 1.54) is 19.3 Å². The third-order valence-corrected chi connectivity index (χ3v) is 3.68. The summed E-state index contributed by atoms with van der Waals surface area (Å²) in [4.78, 5) is 4.20. The molecule has 0 spiro atoms. The van der Waals surface area contributed by atoms with Gasteiger partial charge in [0.2, 0.25) is 5.88 Å². The van der Waals surface area contributed by atoms with Crippen LogP contribution < -0.4 is 4.74 Å². The minimum Gasteiger partial charge on any atom is -0.473 e. The molecule has 0 radical (unpaired) electrons. The summed E-state index contributed by atoms with van der Waals surface area (Å²) >= 11 is 3.41. The molecule has 90 valence electrons. The van der Waals surface area contributed by atoms with Gasteiger partial charge >= 0.3 is 0 Å². The second-order valence-corrected chi connectivity index (χ2v) is 5.21. The molecule has 2 aromatic heterocycles. The summed E-state index contributed by atoms with van der Waals surface area (Å²) in [7, 11) is 0. The first-order valence-electron chi connectivity index (χ1n) is 6.00. The molecule has 3 rings (SSSR count). The first-order valence-corrected chi connectivity index (χ1v) is 6.79. The van der Waals surface area contributed by atoms with Gasteiger partial charge < -0.3 is 4.74 Å². The second kappa shape index (κ2) is 4.64. The lowest BCUT2D eigenvalue weighted by Crippen LogP contribution is -2.20. The maximum atomic E-state index is 5.91. The number of halogens is 1. The van der Waals surface area contributed by atoms with Crippen molar-refractivity contribution in [1.29, 1.82) is 0 Å². The average Bonchev–Trinajstić information content (AvgIpc) is 2.73. The summed E-state index contributed by atoms with van der Waals surface area (Å²) < 4.78 is 8.50. The molecule has 17 heavy (non-hydrogen) atoms. The fraction of sp³-hybridized carbons (Fsp3) is 0.500. The third-order valence-electron chi connectivity index (χ3n) is 3.14. The van der Waals surface area contributed by atoms with Crippen LogP contribution in [0, 0.1) is 0 Å². The highest BCUT2D eigenvalue weighted by molar-refractivity contribution is 9.10. The van der Waals surface area contributed by atoms with E-state index in [9.17, 15) is 0 Å². The Labute approximate surface area is 108 Å². The fourth-order valence-corrected chi connectivity index (χ4v) is 2.61. The molecule has 0 saturated heterocycles. The predicted octanol–water partition coefficient (Wildman–Crippen LogP) is 3.20. The first-order chi connectivity index (χ1) is 8.33. The standard InChI is InChI=1S/C12H14BrN3O/c13-10-8-14-11-6-7-12(15-16(10)11)17-9-4-2-1-3-5-9/h6-9H,1-5H2. The second-order valence-electron chi connectivity index (χ2n) is 4.40. The summed E-state index contributed by atoms with van der Waals surface area (Å²) in [5.41, 5.74) is 0.827. The third kappa shape index (κ3) is 2.29. The van der Waals surface area contributed by atoms with Gasteiger partial charge in [0.15, 0.2) is 5.65 Å². The molecule has 2 heterocycles. The Kier molecular flexibility index (Phi) is 3.01. The van der Waals surface area contributed by atoms with Gasteiger partial charge in [-0.25, -0.2) is 9.50 Å². The largest absolute Gasteiger partial charge is 0.473 e. The van der Waals surface area contributed by atoms with Gasteiger partial charge in [0.1, 0.15) is 10.7 Å². The molecule has 0 unspecified atom stereocenters. The van der Waals surface area contributed by atoms with Crippen LogP contribution in [-0.4, -0.2) is 20.7 Å². The molecule has 0 amide bonds. The smallest absolute Gasteiger partial charge is 0.232 e. The number of fused-ring (bicyclic) bond motifs is 1. The van der Waals surface area contributed by atoms with Crippen molar-refractivity contribution in [3.63, 3.8) is 0 Å². The number of hydrogen-bond donors (Lipinski definition) is 0. The Bertz CT molecular complexity index is 519. The van der Waals surface area contributed by atoms with Gasteiger partial charge in [0, 0.05) is 6.07 Å². The van der Waals surface area contributed by atoms with Crippen LogP contribution in [0.5, 0.6) is 5.88 Å². The van der Waals surface area contributed by atoms with Crippen LogP contribution in [0.15, 0.2) is 22.9 Å². The Morgan fingerprint density at radius 1 is 1.24 bits per heavy atom. The van der Waals surface area contributed by atoms with Crippen LogP contribution in [-0.2, 0) is 0 Å². The maximum Gasteiger partial charge on any atom is 0.232 e. The zero-order valence-corrected chi connectivity index (χ0v) is 11.1. The minimum atomic E-state index is 0.330. The van der Waals surface area contributed by atoms with Crippen LogP contribution in [0.1, 0.15) is 32.1 Å². The van der Waals surface area contributed by atoms with Crippen LogP contribution in [0.25, 0.3) is 5.65 Å². The van der Waals surface area contributed by atoms with E-state index in [1.807, 2.05) is 12.1 Å². The number of aromatic nitrogens is 3. The number of nitrogens with zero attached hydrogens (tertiary/aromatic N) is 3. The van der Waals surface area contributed by atoms with E-state index in [4.69, 9.17) is 4.74 Å². The summed E-state index contributed by atoms with van der Waals surface area (Å²) in [6.45, 7) is 0. The molecule has 1 aliphatic carbocycles. The Morgan fingerprint density at radius 3 is 2.88 bits per heavy atom. The molecule has 1 saturated carbocycles. The number of ether oxygens (including phenoxy) is 1. The van der Waals surface area contributed by atoms with E-state index in [2.05, 4.69) is 26.0 Å². The fourth-order valence-electron chi connectivity index (χ4n) is 2.25. The van der Waals surface area contributed by atoms with Gasteiger partial charge in [0.25, 0.3) is 0 Å². The predicted molar refractivity (Wildman–Crippen MR) is 68.2 cm³/mol. The number of imidazole rings is 1. The first kappa shape index (κ1) is 11.0. The van der Waals surface area contributed by atoms with E-state index >= 15 is 0 Å². The Hall–Kier alpha value is -1.10. The van der Waals surface area contributed by atoms with Crippen molar-refractivity contribution in [3.8, 4) is 5.88 Å². The SMILES string of the molecule is Brc1cnc2ccc(OC3CCCCC3)nn12. The van der Waals surface area contributed by atoms with Crippen LogP contribution in [0.3, 0.4) is 0 Å². The molecular formula is C12H14BrN3O. The van der Waals surface area contributed by atoms with Gasteiger partial charge in [-0.3, -0.25) is 0 Å². The van der Waals surface area contributed by atoms with Crippen molar-refractivity contribution in [2.45, 2.75) is 38.2 Å². The van der Waals surface area contributed by atoms with Crippen molar-refractivity contribution in [2.24, 2.45) is 0 Å². The molecule has 0 aliphatic heterocycles. The molecule has 4 nitrogen and oxygen atoms in total. The Morgan fingerprint density at radius 2 is 2.06 bits per heavy atom. The lowest BCUT2D eigenvalue weighted by atomic mass is 9.98. The van der Waals surface area contributed by atoms with E-state index in [1.54, 1.807) is 10.7 Å². The molecule has 0 N–H and O–H groups in total. The minimum absolute atomic E-state index is 0.330. The van der Waals surface area contributed by atoms with Crippen molar-refractivity contribution in [3.05, 3.63) is 22.9 Å². The van der Waals surface area contributed by atoms with E-state index < -0.39 is 0 Å². The van der Waals surface area contributed by atoms with Crippen molar-refractivity contribution in [2.75, 3.05) is 0 Å². The van der Waals surface area contributed by atoms with Crippen LogP contribution in [0.4, 0.5) is 0 Å². The highest BCUT2D eigenvalue weighted by Gasteiger charge is 2.15. The summed E-state index contributed by atoms with van der Waals surface area (Å²) in [5, 5.41) is 4.41. The molecule has 0 aromatic carbocycles. The van der Waals surface area contributed by atoms with Crippen LogP contribution in [0.2, 0.25) is 0 Å². The normalized spacial score (nSPS) is 17.5. The van der Waals surface area contributed by atoms with Crippen molar-refractivity contribution in [1.82, 2.24) is 14.6 Å². The zero-order valence-electron chi connectivity index (χ0n) is 9.47. The molecule has 0 bridgehead atoms. The number of rotatable bonds is 2. The summed E-state index contributed by atoms with van der Waals surface area (Å²) in [5.74, 6) is 0.683. The lowest BCUT2D eigenvalue weighted by molar-refractivity contribution is 0.146. The van der Waals surface area contributed by atoms with E-state index in [0.717, 1.165) is 23.1 Å². The highest BCUT2D eigenvalue weighted by Crippen LogP contribution is 2.22. The van der Waals surface area contributed by atoms with E-state index in [0.29, 0.717) is 12.0 Å². The zero-order chi connectivity index (χ0) is 11.7. The van der Waals surface area contributed by atoms with Gasteiger partial charge in [-0.15, -0.1) is 5.10 Å². The highest BCUT2D eigenvalue weighted by atomic mass is 79.9. The van der Waals surface area contributed by atoms with E-state index in [-0.39, 0.29) is 0 Å². The van der Waals surface area contributed by atoms with Gasteiger partial charge in [-0.2, -0.15) is 0 Å². The molecule has 1 fully saturated rings. The molecule has 0 atom stereocenters. The van der Waals surface area contributed by atoms with Crippen LogP contribution >= 0.6 is 15.9 Å². The van der Waals surface area contributed by atoms with Gasteiger partial charge in [-0.1, -0.05) is 6.42 Å². The van der Waals surface area contributed by atoms with Crippen molar-refractivity contribution >= 4 is 21.6 Å². The molecular weight excluding hydrogens is 282 g/mol. The molecule has 2 aromatic rings. The average molecular weight is 296 g/mol. The molecule has 1 aliphatic rings. The lowest BCUT2D eigenvalue weighted by Gasteiger charge is -2.22. The van der Waals surface area contributed by atoms with Gasteiger partial charge in [-0.05, 0) is 47.7 Å². The quantitative estimate of drug-likeness (QED) is 0.854. The van der Waals surface area contributed by atoms with Gasteiger partial charge in [0.05, 0.1) is 6.20 Å². The maximum absolute atomic E-state index is 5.91.